The molecule has 32 heavy (non-hydrogen) atoms. The summed E-state index contributed by atoms with van der Waals surface area (Å²) in [6.45, 7) is 9.22. The number of hydrogen-bond donors (Lipinski definition) is 0. The largest absolute Gasteiger partial charge is 0.514 e. The van der Waals surface area contributed by atoms with Crippen LogP contribution in [0, 0.1) is 24.0 Å². The summed E-state index contributed by atoms with van der Waals surface area (Å²) in [7, 11) is 0. The second-order valence-corrected chi connectivity index (χ2v) is 7.76. The van der Waals surface area contributed by atoms with Crippen molar-refractivity contribution in [1.82, 2.24) is 0 Å². The van der Waals surface area contributed by atoms with Gasteiger partial charge in [-0.1, -0.05) is 51.9 Å². The van der Waals surface area contributed by atoms with Crippen molar-refractivity contribution >= 4 is 17.8 Å². The molecule has 0 saturated carbocycles. The molecule has 0 bridgehead atoms. The number of nitrogens with zero attached hydrogens (tertiary/aromatic N) is 1. The third-order valence-corrected chi connectivity index (χ3v) is 4.86. The zero-order valence-corrected chi connectivity index (χ0v) is 19.0. The lowest BCUT2D eigenvalue weighted by Gasteiger charge is -2.18. The monoisotopic (exact) mass is 449 g/mol. The van der Waals surface area contributed by atoms with E-state index in [-0.39, 0.29) is 17.9 Å². The maximum absolute atomic E-state index is 12.2. The smallest absolute Gasteiger partial charge is 0.462 e. The van der Waals surface area contributed by atoms with Crippen LogP contribution in [0.4, 0.5) is 10.5 Å². The van der Waals surface area contributed by atoms with Crippen LogP contribution in [-0.4, -0.2) is 29.3 Å². The van der Waals surface area contributed by atoms with Crippen LogP contribution in [0.1, 0.15) is 77.6 Å². The molecule has 0 amide bonds. The zero-order valence-electron chi connectivity index (χ0n) is 19.0. The Bertz CT molecular complexity index is 688. The summed E-state index contributed by atoms with van der Waals surface area (Å²) in [5.74, 6) is -0.309. The fourth-order valence-electron chi connectivity index (χ4n) is 3.18. The van der Waals surface area contributed by atoms with Crippen LogP contribution in [0.15, 0.2) is 24.3 Å². The van der Waals surface area contributed by atoms with E-state index in [4.69, 9.17) is 14.2 Å². The van der Waals surface area contributed by atoms with Crippen LogP contribution in [0.5, 0.6) is 5.75 Å². The Morgan fingerprint density at radius 2 is 1.53 bits per heavy atom. The number of nitro groups is 1. The molecule has 0 spiro atoms. The minimum absolute atomic E-state index is 0.0774. The fourth-order valence-corrected chi connectivity index (χ4v) is 3.18. The molecule has 0 saturated heterocycles. The number of carbonyl (C=O) groups is 2. The van der Waals surface area contributed by atoms with Gasteiger partial charge in [0, 0.05) is 18.6 Å². The van der Waals surface area contributed by atoms with Gasteiger partial charge < -0.3 is 14.2 Å². The van der Waals surface area contributed by atoms with Crippen molar-refractivity contribution in [3.8, 4) is 5.75 Å². The van der Waals surface area contributed by atoms with E-state index in [1.54, 1.807) is 0 Å². The molecule has 0 aromatic heterocycles. The molecule has 0 N–H and O–H groups in total. The number of esters is 1. The Labute approximate surface area is 190 Å². The number of carbonyl (C=O) groups excluding carboxylic acids is 2. The number of unbranched alkanes of at least 4 members (excludes halogenated alkanes) is 7. The van der Waals surface area contributed by atoms with E-state index in [9.17, 15) is 19.7 Å². The highest BCUT2D eigenvalue weighted by Gasteiger charge is 2.19. The van der Waals surface area contributed by atoms with Gasteiger partial charge in [0.1, 0.15) is 18.0 Å². The van der Waals surface area contributed by atoms with Gasteiger partial charge in [-0.3, -0.25) is 14.9 Å². The first-order valence-corrected chi connectivity index (χ1v) is 11.3. The van der Waals surface area contributed by atoms with Crippen LogP contribution in [0.2, 0.25) is 0 Å². The summed E-state index contributed by atoms with van der Waals surface area (Å²) >= 11 is 0. The van der Waals surface area contributed by atoms with Gasteiger partial charge in [-0.15, -0.1) is 0 Å². The molecule has 1 unspecified atom stereocenters. The van der Waals surface area contributed by atoms with Crippen molar-refractivity contribution in [1.29, 1.82) is 0 Å². The molecule has 1 aromatic carbocycles. The lowest BCUT2D eigenvalue weighted by Crippen LogP contribution is -2.23. The molecule has 2 radical (unpaired) electrons. The second-order valence-electron chi connectivity index (χ2n) is 7.76. The minimum Gasteiger partial charge on any atom is -0.462 e. The maximum atomic E-state index is 12.2. The van der Waals surface area contributed by atoms with Gasteiger partial charge >= 0.3 is 12.1 Å². The highest BCUT2D eigenvalue weighted by molar-refractivity contribution is 5.70. The average molecular weight is 450 g/mol. The van der Waals surface area contributed by atoms with E-state index in [0.717, 1.165) is 19.3 Å². The molecule has 178 valence electrons. The van der Waals surface area contributed by atoms with Crippen molar-refractivity contribution in [3.05, 3.63) is 48.2 Å². The summed E-state index contributed by atoms with van der Waals surface area (Å²) < 4.78 is 15.5. The number of ether oxygens (including phenoxy) is 3. The van der Waals surface area contributed by atoms with Crippen LogP contribution in [0.3, 0.4) is 0 Å². The summed E-state index contributed by atoms with van der Waals surface area (Å²) in [5, 5.41) is 10.7. The van der Waals surface area contributed by atoms with Gasteiger partial charge in [-0.25, -0.2) is 4.79 Å². The van der Waals surface area contributed by atoms with E-state index >= 15 is 0 Å². The molecule has 0 aliphatic heterocycles. The van der Waals surface area contributed by atoms with Gasteiger partial charge in [0.2, 0.25) is 0 Å². The lowest BCUT2D eigenvalue weighted by atomic mass is 10.0. The van der Waals surface area contributed by atoms with Crippen molar-refractivity contribution in [2.45, 2.75) is 89.8 Å². The zero-order chi connectivity index (χ0) is 23.8. The molecule has 1 atom stereocenters. The maximum Gasteiger partial charge on any atom is 0.514 e. The predicted molar refractivity (Wildman–Crippen MR) is 121 cm³/mol. The van der Waals surface area contributed by atoms with E-state index in [2.05, 4.69) is 20.8 Å². The van der Waals surface area contributed by atoms with Gasteiger partial charge in [-0.05, 0) is 45.2 Å². The topological polar surface area (TPSA) is 105 Å². The van der Waals surface area contributed by atoms with Gasteiger partial charge in [-0.2, -0.15) is 0 Å². The van der Waals surface area contributed by atoms with E-state index in [1.165, 1.54) is 56.4 Å². The minimum atomic E-state index is -0.913. The first kappa shape index (κ1) is 27.4. The summed E-state index contributed by atoms with van der Waals surface area (Å²) in [5.41, 5.74) is -0.106. The van der Waals surface area contributed by atoms with Gasteiger partial charge in [0.05, 0.1) is 4.92 Å². The Hall–Kier alpha value is -2.64. The number of rotatable bonds is 16. The normalized spacial score (nSPS) is 11.8. The third kappa shape index (κ3) is 12.9. The fraction of sp³-hybridized carbons (Fsp3) is 0.583. The Kier molecular flexibility index (Phi) is 13.7. The van der Waals surface area contributed by atoms with Crippen LogP contribution >= 0.6 is 0 Å². The van der Waals surface area contributed by atoms with Crippen molar-refractivity contribution < 1.29 is 28.7 Å². The number of non-ortho nitro benzene ring substituents is 1. The molecule has 0 heterocycles. The molecular formula is C24H35NO7. The third-order valence-electron chi connectivity index (χ3n) is 4.86. The van der Waals surface area contributed by atoms with Gasteiger partial charge in [0.25, 0.3) is 5.69 Å². The highest BCUT2D eigenvalue weighted by Crippen LogP contribution is 2.20. The van der Waals surface area contributed by atoms with E-state index < -0.39 is 29.3 Å². The Morgan fingerprint density at radius 1 is 0.938 bits per heavy atom. The molecule has 0 fully saturated rings. The van der Waals surface area contributed by atoms with Crippen molar-refractivity contribution in [2.75, 3.05) is 0 Å². The molecule has 8 heteroatoms. The van der Waals surface area contributed by atoms with Crippen molar-refractivity contribution in [2.24, 2.45) is 0 Å². The SMILES string of the molecule is [CH2]C([CH2])OC(=O)CCC(CCCCCCCCCC)OC(=O)Oc1ccc([N+](=O)[O-])cc1. The molecule has 1 aromatic rings. The summed E-state index contributed by atoms with van der Waals surface area (Å²) in [4.78, 5) is 34.2. The number of nitro benzene ring substituents is 1. The molecule has 0 aliphatic carbocycles. The quantitative estimate of drug-likeness (QED) is 0.0949. The number of hydrogen-bond acceptors (Lipinski definition) is 7. The Morgan fingerprint density at radius 3 is 2.09 bits per heavy atom. The van der Waals surface area contributed by atoms with Crippen LogP contribution in [-0.2, 0) is 14.3 Å². The average Bonchev–Trinajstić information content (AvgIpc) is 2.73. The first-order valence-electron chi connectivity index (χ1n) is 11.3. The molecule has 1 rings (SSSR count). The van der Waals surface area contributed by atoms with Crippen molar-refractivity contribution in [3.63, 3.8) is 0 Å². The van der Waals surface area contributed by atoms with Gasteiger partial charge in [0.15, 0.2) is 0 Å². The van der Waals surface area contributed by atoms with Crippen LogP contribution < -0.4 is 4.74 Å². The lowest BCUT2D eigenvalue weighted by molar-refractivity contribution is -0.384. The van der Waals surface area contributed by atoms with E-state index in [1.807, 2.05) is 0 Å². The molecular weight excluding hydrogens is 414 g/mol. The van der Waals surface area contributed by atoms with Crippen LogP contribution in [0.25, 0.3) is 0 Å². The first-order chi connectivity index (χ1) is 15.3. The summed E-state index contributed by atoms with van der Waals surface area (Å²) in [6, 6.07) is 5.13. The summed E-state index contributed by atoms with van der Waals surface area (Å²) in [6.07, 6.45) is 8.07. The number of benzene rings is 1. The molecule has 8 nitrogen and oxygen atoms in total. The predicted octanol–water partition coefficient (Wildman–Crippen LogP) is 6.37. The molecule has 0 aliphatic rings. The Balaban J connectivity index is 2.50. The standard InChI is InChI=1S/C24H35NO7/c1-4-5-6-7-8-9-10-11-12-21(17-18-23(26)30-19(2)3)31-24(27)32-22-15-13-20(14-16-22)25(28)29/h13-16,19,21H,2-12,17-18H2,1H3. The van der Waals surface area contributed by atoms with E-state index in [0.29, 0.717) is 12.8 Å². The second kappa shape index (κ2) is 16.1. The highest BCUT2D eigenvalue weighted by atomic mass is 16.7.